The van der Waals surface area contributed by atoms with Gasteiger partial charge in [-0.1, -0.05) is 24.3 Å². The van der Waals surface area contributed by atoms with E-state index in [-0.39, 0.29) is 6.04 Å². The number of ether oxygens (including phenoxy) is 2. The van der Waals surface area contributed by atoms with Crippen molar-refractivity contribution in [2.75, 3.05) is 20.3 Å². The third kappa shape index (κ3) is 2.62. The van der Waals surface area contributed by atoms with Crippen LogP contribution in [0.25, 0.3) is 0 Å². The number of hydrogen-bond donors (Lipinski definition) is 1. The minimum atomic E-state index is 0.152. The minimum Gasteiger partial charge on any atom is -0.486 e. The van der Waals surface area contributed by atoms with E-state index in [0.717, 1.165) is 11.5 Å². The van der Waals surface area contributed by atoms with Crippen molar-refractivity contribution in [2.45, 2.75) is 6.04 Å². The quantitative estimate of drug-likeness (QED) is 0.828. The van der Waals surface area contributed by atoms with Crippen LogP contribution in [0, 0.1) is 3.57 Å². The molecule has 0 radical (unpaired) electrons. The van der Waals surface area contributed by atoms with Gasteiger partial charge in [0.25, 0.3) is 0 Å². The summed E-state index contributed by atoms with van der Waals surface area (Å²) >= 11 is 2.37. The fourth-order valence-electron chi connectivity index (χ4n) is 2.45. The van der Waals surface area contributed by atoms with Crippen molar-refractivity contribution < 1.29 is 9.47 Å². The average Bonchev–Trinajstić information content (AvgIpc) is 2.50. The average molecular weight is 381 g/mol. The van der Waals surface area contributed by atoms with E-state index in [1.807, 2.05) is 13.1 Å². The highest BCUT2D eigenvalue weighted by Gasteiger charge is 2.18. The molecular formula is C16H16INO2. The predicted octanol–water partition coefficient (Wildman–Crippen LogP) is 3.37. The van der Waals surface area contributed by atoms with Gasteiger partial charge in [-0.2, -0.15) is 0 Å². The number of nitrogens with one attached hydrogen (secondary N) is 1. The van der Waals surface area contributed by atoms with Crippen molar-refractivity contribution in [3.05, 3.63) is 57.2 Å². The van der Waals surface area contributed by atoms with Crippen molar-refractivity contribution in [3.63, 3.8) is 0 Å². The summed E-state index contributed by atoms with van der Waals surface area (Å²) in [6.45, 7) is 1.24. The fraction of sp³-hybridized carbons (Fsp3) is 0.250. The molecule has 2 aromatic carbocycles. The van der Waals surface area contributed by atoms with Crippen LogP contribution in [0.5, 0.6) is 11.5 Å². The summed E-state index contributed by atoms with van der Waals surface area (Å²) in [5.74, 6) is 1.66. The molecule has 1 atom stereocenters. The van der Waals surface area contributed by atoms with E-state index in [0.29, 0.717) is 13.2 Å². The summed E-state index contributed by atoms with van der Waals surface area (Å²) in [5.41, 5.74) is 2.45. The van der Waals surface area contributed by atoms with Crippen molar-refractivity contribution in [3.8, 4) is 11.5 Å². The number of fused-ring (bicyclic) bond motifs is 1. The Kier molecular flexibility index (Phi) is 4.12. The Hall–Kier alpha value is -1.27. The summed E-state index contributed by atoms with van der Waals surface area (Å²) in [6.07, 6.45) is 0. The Morgan fingerprint density at radius 3 is 2.55 bits per heavy atom. The smallest absolute Gasteiger partial charge is 0.161 e. The minimum absolute atomic E-state index is 0.152. The monoisotopic (exact) mass is 381 g/mol. The zero-order chi connectivity index (χ0) is 13.9. The molecule has 1 aliphatic rings. The van der Waals surface area contributed by atoms with Crippen LogP contribution >= 0.6 is 22.6 Å². The van der Waals surface area contributed by atoms with Gasteiger partial charge < -0.3 is 14.8 Å². The van der Waals surface area contributed by atoms with Gasteiger partial charge in [-0.15, -0.1) is 0 Å². The number of hydrogen-bond acceptors (Lipinski definition) is 3. The van der Waals surface area contributed by atoms with Crippen LogP contribution < -0.4 is 14.8 Å². The lowest BCUT2D eigenvalue weighted by Crippen LogP contribution is -2.20. The van der Waals surface area contributed by atoms with E-state index in [1.165, 1.54) is 14.7 Å². The molecule has 0 bridgehead atoms. The van der Waals surface area contributed by atoms with Crippen molar-refractivity contribution in [1.29, 1.82) is 0 Å². The molecule has 0 amide bonds. The number of halogens is 1. The van der Waals surface area contributed by atoms with Gasteiger partial charge in [-0.25, -0.2) is 0 Å². The Morgan fingerprint density at radius 1 is 1.05 bits per heavy atom. The third-order valence-corrected chi connectivity index (χ3v) is 4.39. The molecule has 0 fully saturated rings. The first kappa shape index (κ1) is 13.7. The van der Waals surface area contributed by atoms with E-state index < -0.39 is 0 Å². The van der Waals surface area contributed by atoms with Gasteiger partial charge in [-0.05, 0) is 59.0 Å². The molecule has 1 unspecified atom stereocenters. The van der Waals surface area contributed by atoms with E-state index in [1.54, 1.807) is 0 Å². The van der Waals surface area contributed by atoms with Crippen LogP contribution in [0.4, 0.5) is 0 Å². The summed E-state index contributed by atoms with van der Waals surface area (Å²) in [6, 6.07) is 14.7. The first-order valence-electron chi connectivity index (χ1n) is 6.61. The second-order valence-corrected chi connectivity index (χ2v) is 5.81. The van der Waals surface area contributed by atoms with Crippen LogP contribution in [0.15, 0.2) is 42.5 Å². The molecule has 0 spiro atoms. The predicted molar refractivity (Wildman–Crippen MR) is 87.5 cm³/mol. The Labute approximate surface area is 132 Å². The van der Waals surface area contributed by atoms with Gasteiger partial charge in [0.05, 0.1) is 6.04 Å². The van der Waals surface area contributed by atoms with Crippen molar-refractivity contribution in [1.82, 2.24) is 5.32 Å². The summed E-state index contributed by atoms with van der Waals surface area (Å²) in [4.78, 5) is 0. The molecule has 0 aliphatic carbocycles. The zero-order valence-corrected chi connectivity index (χ0v) is 13.4. The molecule has 1 N–H and O–H groups in total. The molecule has 1 heterocycles. The van der Waals surface area contributed by atoms with Gasteiger partial charge >= 0.3 is 0 Å². The maximum Gasteiger partial charge on any atom is 0.161 e. The maximum absolute atomic E-state index is 5.67. The summed E-state index contributed by atoms with van der Waals surface area (Å²) in [7, 11) is 1.98. The highest BCUT2D eigenvalue weighted by molar-refractivity contribution is 14.1. The highest BCUT2D eigenvalue weighted by atomic mass is 127. The van der Waals surface area contributed by atoms with E-state index >= 15 is 0 Å². The van der Waals surface area contributed by atoms with Crippen molar-refractivity contribution in [2.24, 2.45) is 0 Å². The highest BCUT2D eigenvalue weighted by Crippen LogP contribution is 2.35. The molecule has 0 saturated heterocycles. The lowest BCUT2D eigenvalue weighted by atomic mass is 9.98. The summed E-state index contributed by atoms with van der Waals surface area (Å²) in [5, 5.41) is 3.38. The molecule has 1 aliphatic heterocycles. The van der Waals surface area contributed by atoms with Crippen LogP contribution in [0.2, 0.25) is 0 Å². The molecule has 0 aromatic heterocycles. The van der Waals surface area contributed by atoms with Crippen LogP contribution in [0.3, 0.4) is 0 Å². The number of rotatable bonds is 3. The SMILES string of the molecule is CNC(c1ccc2c(c1)OCCO2)c1ccccc1I. The fourth-order valence-corrected chi connectivity index (χ4v) is 3.15. The third-order valence-electron chi connectivity index (χ3n) is 3.40. The number of benzene rings is 2. The van der Waals surface area contributed by atoms with E-state index in [9.17, 15) is 0 Å². The normalized spacial score (nSPS) is 14.9. The molecule has 3 rings (SSSR count). The van der Waals surface area contributed by atoms with Crippen LogP contribution in [-0.2, 0) is 0 Å². The van der Waals surface area contributed by atoms with Gasteiger partial charge in [0.2, 0.25) is 0 Å². The lowest BCUT2D eigenvalue weighted by Gasteiger charge is -2.23. The van der Waals surface area contributed by atoms with Gasteiger partial charge in [-0.3, -0.25) is 0 Å². The molecule has 3 nitrogen and oxygen atoms in total. The zero-order valence-electron chi connectivity index (χ0n) is 11.2. The summed E-state index contributed by atoms with van der Waals surface area (Å²) < 4.78 is 12.5. The van der Waals surface area contributed by atoms with Crippen LogP contribution in [0.1, 0.15) is 17.2 Å². The lowest BCUT2D eigenvalue weighted by molar-refractivity contribution is 0.171. The van der Waals surface area contributed by atoms with E-state index in [4.69, 9.17) is 9.47 Å². The standard InChI is InChI=1S/C16H16INO2/c1-18-16(12-4-2-3-5-13(12)17)11-6-7-14-15(10-11)20-9-8-19-14/h2-7,10,16,18H,8-9H2,1H3. The Morgan fingerprint density at radius 2 is 1.80 bits per heavy atom. The van der Waals surface area contributed by atoms with Gasteiger partial charge in [0.15, 0.2) is 11.5 Å². The van der Waals surface area contributed by atoms with Gasteiger partial charge in [0.1, 0.15) is 13.2 Å². The molecular weight excluding hydrogens is 365 g/mol. The van der Waals surface area contributed by atoms with Crippen molar-refractivity contribution >= 4 is 22.6 Å². The molecule has 4 heteroatoms. The Balaban J connectivity index is 1.99. The van der Waals surface area contributed by atoms with Gasteiger partial charge in [0, 0.05) is 3.57 Å². The first-order valence-corrected chi connectivity index (χ1v) is 7.68. The second kappa shape index (κ2) is 6.01. The molecule has 104 valence electrons. The molecule has 2 aromatic rings. The Bertz CT molecular complexity index is 615. The van der Waals surface area contributed by atoms with Crippen LogP contribution in [-0.4, -0.2) is 20.3 Å². The van der Waals surface area contributed by atoms with E-state index in [2.05, 4.69) is 64.3 Å². The molecule has 20 heavy (non-hydrogen) atoms. The largest absolute Gasteiger partial charge is 0.486 e. The maximum atomic E-state index is 5.67. The second-order valence-electron chi connectivity index (χ2n) is 4.65. The topological polar surface area (TPSA) is 30.5 Å². The first-order chi connectivity index (χ1) is 9.79. The molecule has 0 saturated carbocycles.